The maximum atomic E-state index is 13.4. The molecule has 4 nitrogen and oxygen atoms in total. The summed E-state index contributed by atoms with van der Waals surface area (Å²) in [4.78, 5) is 30.9. The number of rotatable bonds is 5. The van der Waals surface area contributed by atoms with E-state index in [0.717, 1.165) is 60.7 Å². The number of unbranched alkanes of at least 4 members (excludes halogenated alkanes) is 2. The van der Waals surface area contributed by atoms with E-state index in [2.05, 4.69) is 22.9 Å². The number of carbonyl (C=O) groups excluding carboxylic acids is 2. The predicted octanol–water partition coefficient (Wildman–Crippen LogP) is 5.89. The molecule has 3 aliphatic rings. The maximum Gasteiger partial charge on any atom is 0.267 e. The summed E-state index contributed by atoms with van der Waals surface area (Å²) in [6.45, 7) is 2.83. The van der Waals surface area contributed by atoms with Crippen LogP contribution in [0, 0.1) is 0 Å². The second-order valence-corrected chi connectivity index (χ2v) is 10.4. The Labute approximate surface area is 190 Å². The second kappa shape index (κ2) is 8.90. The molecule has 154 valence electrons. The summed E-state index contributed by atoms with van der Waals surface area (Å²) in [5.74, 6) is -0.157. The zero-order valence-corrected chi connectivity index (χ0v) is 19.8. The molecule has 1 aromatic carbocycles. The van der Waals surface area contributed by atoms with Gasteiger partial charge in [-0.3, -0.25) is 14.5 Å². The summed E-state index contributed by atoms with van der Waals surface area (Å²) < 4.78 is 1.50. The van der Waals surface area contributed by atoms with Crippen LogP contribution in [0.5, 0.6) is 0 Å². The molecule has 4 rings (SSSR count). The molecular weight excluding hydrogens is 468 g/mol. The smallest absolute Gasteiger partial charge is 0.267 e. The number of thioether (sulfide) groups is 1. The molecule has 1 saturated heterocycles. The van der Waals surface area contributed by atoms with Crippen molar-refractivity contribution in [2.75, 3.05) is 11.4 Å². The lowest BCUT2D eigenvalue weighted by Gasteiger charge is -2.29. The number of thiocarbonyl (C=S) groups is 1. The number of halogens is 1. The van der Waals surface area contributed by atoms with Gasteiger partial charge in [-0.2, -0.15) is 0 Å². The van der Waals surface area contributed by atoms with Crippen molar-refractivity contribution in [3.63, 3.8) is 0 Å². The topological polar surface area (TPSA) is 40.6 Å². The zero-order chi connectivity index (χ0) is 20.5. The number of anilines is 1. The van der Waals surface area contributed by atoms with Crippen LogP contribution in [0.25, 0.3) is 5.57 Å². The van der Waals surface area contributed by atoms with Crippen molar-refractivity contribution < 1.29 is 9.59 Å². The standard InChI is InChI=1S/C22H25BrN2O2S2/c1-2-3-7-12-24-17-11-10-14(23)13-16(17)18(20(24)26)19-21(27)25(22(28)29-19)15-8-5-4-6-9-15/h10-11,13,15H,2-9,12H2,1H3/b19-18-. The first kappa shape index (κ1) is 21.1. The Balaban J connectivity index is 1.72. The van der Waals surface area contributed by atoms with Crippen molar-refractivity contribution in [1.29, 1.82) is 0 Å². The molecule has 29 heavy (non-hydrogen) atoms. The molecule has 0 bridgehead atoms. The van der Waals surface area contributed by atoms with E-state index in [9.17, 15) is 9.59 Å². The average molecular weight is 493 g/mol. The summed E-state index contributed by atoms with van der Waals surface area (Å²) in [5, 5.41) is 0. The lowest BCUT2D eigenvalue weighted by Crippen LogP contribution is -2.40. The average Bonchev–Trinajstić information content (AvgIpc) is 3.15. The minimum atomic E-state index is -0.0865. The first-order valence-corrected chi connectivity index (χ1v) is 12.5. The van der Waals surface area contributed by atoms with Gasteiger partial charge in [0, 0.05) is 22.6 Å². The number of amides is 2. The molecule has 2 aliphatic heterocycles. The first-order valence-electron chi connectivity index (χ1n) is 10.4. The minimum absolute atomic E-state index is 0.0710. The Hall–Kier alpha value is -1.18. The van der Waals surface area contributed by atoms with Crippen molar-refractivity contribution >= 4 is 67.3 Å². The molecule has 0 N–H and O–H groups in total. The van der Waals surface area contributed by atoms with Gasteiger partial charge in [-0.25, -0.2) is 0 Å². The van der Waals surface area contributed by atoms with E-state index in [4.69, 9.17) is 12.2 Å². The van der Waals surface area contributed by atoms with E-state index in [1.54, 1.807) is 4.90 Å². The number of nitrogens with zero attached hydrogens (tertiary/aromatic N) is 2. The third-order valence-electron chi connectivity index (χ3n) is 5.93. The van der Waals surface area contributed by atoms with Crippen LogP contribution in [0.2, 0.25) is 0 Å². The van der Waals surface area contributed by atoms with Crippen LogP contribution in [0.3, 0.4) is 0 Å². The van der Waals surface area contributed by atoms with Crippen molar-refractivity contribution in [3.8, 4) is 0 Å². The second-order valence-electron chi connectivity index (χ2n) is 7.86. The molecule has 0 aromatic heterocycles. The quantitative estimate of drug-likeness (QED) is 0.291. The van der Waals surface area contributed by atoms with Gasteiger partial charge in [-0.1, -0.05) is 78.9 Å². The summed E-state index contributed by atoms with van der Waals surface area (Å²) in [6.07, 6.45) is 8.60. The van der Waals surface area contributed by atoms with E-state index >= 15 is 0 Å². The Bertz CT molecular complexity index is 893. The van der Waals surface area contributed by atoms with E-state index in [1.807, 2.05) is 23.1 Å². The van der Waals surface area contributed by atoms with Gasteiger partial charge < -0.3 is 4.90 Å². The highest BCUT2D eigenvalue weighted by atomic mass is 79.9. The Kier molecular flexibility index (Phi) is 6.47. The van der Waals surface area contributed by atoms with Crippen molar-refractivity contribution in [2.24, 2.45) is 0 Å². The van der Waals surface area contributed by atoms with E-state index in [1.165, 1.54) is 18.2 Å². The normalized spacial score (nSPS) is 22.8. The van der Waals surface area contributed by atoms with Crippen LogP contribution < -0.4 is 4.90 Å². The minimum Gasteiger partial charge on any atom is -0.308 e. The van der Waals surface area contributed by atoms with Gasteiger partial charge in [-0.15, -0.1) is 0 Å². The molecular formula is C22H25BrN2O2S2. The van der Waals surface area contributed by atoms with Crippen LogP contribution in [-0.2, 0) is 9.59 Å². The fraction of sp³-hybridized carbons (Fsp3) is 0.500. The third-order valence-corrected chi connectivity index (χ3v) is 7.82. The SMILES string of the molecule is CCCCCN1C(=O)/C(=C2\SC(=S)N(C3CCCCC3)C2=O)c2cc(Br)ccc21. The van der Waals surface area contributed by atoms with Crippen LogP contribution in [0.1, 0.15) is 63.9 Å². The highest BCUT2D eigenvalue weighted by Crippen LogP contribution is 2.46. The third kappa shape index (κ3) is 3.93. The summed E-state index contributed by atoms with van der Waals surface area (Å²) >= 11 is 10.4. The zero-order valence-electron chi connectivity index (χ0n) is 16.6. The molecule has 1 aromatic rings. The number of carbonyl (C=O) groups is 2. The Morgan fingerprint density at radius 3 is 2.62 bits per heavy atom. The molecule has 0 atom stereocenters. The molecule has 1 saturated carbocycles. The number of benzene rings is 1. The highest BCUT2D eigenvalue weighted by molar-refractivity contribution is 9.10. The van der Waals surface area contributed by atoms with E-state index in [0.29, 0.717) is 21.3 Å². The molecule has 0 spiro atoms. The molecule has 2 fully saturated rings. The van der Waals surface area contributed by atoms with Crippen LogP contribution in [0.15, 0.2) is 27.6 Å². The fourth-order valence-corrected chi connectivity index (χ4v) is 6.28. The predicted molar refractivity (Wildman–Crippen MR) is 127 cm³/mol. The van der Waals surface area contributed by atoms with Crippen LogP contribution in [0.4, 0.5) is 5.69 Å². The highest BCUT2D eigenvalue weighted by Gasteiger charge is 2.44. The Morgan fingerprint density at radius 1 is 1.14 bits per heavy atom. The molecule has 2 heterocycles. The first-order chi connectivity index (χ1) is 14.0. The summed E-state index contributed by atoms with van der Waals surface area (Å²) in [5.41, 5.74) is 2.26. The van der Waals surface area contributed by atoms with Gasteiger partial charge in [-0.05, 0) is 37.5 Å². The van der Waals surface area contributed by atoms with Gasteiger partial charge in [0.05, 0.1) is 16.2 Å². The molecule has 0 unspecified atom stereocenters. The fourth-order valence-electron chi connectivity index (χ4n) is 4.45. The molecule has 1 aliphatic carbocycles. The van der Waals surface area contributed by atoms with Crippen molar-refractivity contribution in [2.45, 2.75) is 64.3 Å². The Morgan fingerprint density at radius 2 is 1.90 bits per heavy atom. The lowest BCUT2D eigenvalue weighted by molar-refractivity contribution is -0.124. The summed E-state index contributed by atoms with van der Waals surface area (Å²) in [6, 6.07) is 6.05. The van der Waals surface area contributed by atoms with Gasteiger partial charge in [0.1, 0.15) is 4.32 Å². The van der Waals surface area contributed by atoms with E-state index < -0.39 is 0 Å². The monoisotopic (exact) mass is 492 g/mol. The van der Waals surface area contributed by atoms with Crippen LogP contribution >= 0.6 is 39.9 Å². The maximum absolute atomic E-state index is 13.4. The molecule has 2 amide bonds. The van der Waals surface area contributed by atoms with Gasteiger partial charge in [0.2, 0.25) is 0 Å². The molecule has 7 heteroatoms. The van der Waals surface area contributed by atoms with Gasteiger partial charge >= 0.3 is 0 Å². The largest absolute Gasteiger partial charge is 0.308 e. The number of fused-ring (bicyclic) bond motifs is 1. The van der Waals surface area contributed by atoms with Gasteiger partial charge in [0.15, 0.2) is 0 Å². The van der Waals surface area contributed by atoms with Crippen molar-refractivity contribution in [1.82, 2.24) is 4.90 Å². The van der Waals surface area contributed by atoms with Crippen molar-refractivity contribution in [3.05, 3.63) is 33.1 Å². The van der Waals surface area contributed by atoms with E-state index in [-0.39, 0.29) is 17.9 Å². The lowest BCUT2D eigenvalue weighted by atomic mass is 9.94. The van der Waals surface area contributed by atoms with Crippen LogP contribution in [-0.4, -0.2) is 33.6 Å². The summed E-state index contributed by atoms with van der Waals surface area (Å²) in [7, 11) is 0. The molecule has 0 radical (unpaired) electrons. The number of hydrogen-bond acceptors (Lipinski definition) is 4. The van der Waals surface area contributed by atoms with Gasteiger partial charge in [0.25, 0.3) is 11.8 Å². The number of hydrogen-bond donors (Lipinski definition) is 0.